The van der Waals surface area contributed by atoms with E-state index >= 15 is 0 Å². The molecule has 0 radical (unpaired) electrons. The van der Waals surface area contributed by atoms with Gasteiger partial charge in [0.05, 0.1) is 9.82 Å². The van der Waals surface area contributed by atoms with Crippen molar-refractivity contribution in [2.75, 3.05) is 11.9 Å². The summed E-state index contributed by atoms with van der Waals surface area (Å²) in [5.74, 6) is 0.563. The van der Waals surface area contributed by atoms with Crippen molar-refractivity contribution < 1.29 is 4.92 Å². The first-order valence-corrected chi connectivity index (χ1v) is 7.89. The first kappa shape index (κ1) is 14.7. The van der Waals surface area contributed by atoms with E-state index in [1.165, 1.54) is 29.4 Å². The molecule has 106 valence electrons. The number of nitrogens with zero attached hydrogens (tertiary/aromatic N) is 3. The molecule has 2 aromatic rings. The summed E-state index contributed by atoms with van der Waals surface area (Å²) in [5, 5.41) is 19.2. The Morgan fingerprint density at radius 1 is 1.45 bits per heavy atom. The Labute approximate surface area is 124 Å². The number of anilines is 1. The van der Waals surface area contributed by atoms with Gasteiger partial charge in [0.25, 0.3) is 5.69 Å². The van der Waals surface area contributed by atoms with Crippen LogP contribution in [0.3, 0.4) is 0 Å². The highest BCUT2D eigenvalue weighted by molar-refractivity contribution is 7.98. The number of hydrogen-bond donors (Lipinski definition) is 1. The second-order valence-electron chi connectivity index (χ2n) is 3.99. The Bertz CT molecular complexity index is 588. The van der Waals surface area contributed by atoms with Crippen LogP contribution in [0.2, 0.25) is 0 Å². The molecule has 0 spiro atoms. The van der Waals surface area contributed by atoms with E-state index in [1.54, 1.807) is 18.2 Å². The predicted octanol–water partition coefficient (Wildman–Crippen LogP) is 3.56. The van der Waals surface area contributed by atoms with Gasteiger partial charge in [-0.15, -0.1) is 16.9 Å². The van der Waals surface area contributed by atoms with Crippen LogP contribution in [0.5, 0.6) is 0 Å². The number of rotatable bonds is 7. The van der Waals surface area contributed by atoms with Gasteiger partial charge in [0.15, 0.2) is 0 Å². The summed E-state index contributed by atoms with van der Waals surface area (Å²) >= 11 is 2.72. The van der Waals surface area contributed by atoms with Crippen LogP contribution in [-0.2, 0) is 5.75 Å². The molecule has 0 amide bonds. The first-order chi connectivity index (χ1) is 9.72. The number of nitrogens with one attached hydrogen (secondary N) is 1. The number of para-hydroxylation sites is 1. The van der Waals surface area contributed by atoms with Gasteiger partial charge in [-0.3, -0.25) is 10.1 Å². The van der Waals surface area contributed by atoms with Crippen LogP contribution in [0.1, 0.15) is 19.0 Å². The van der Waals surface area contributed by atoms with Gasteiger partial charge < -0.3 is 5.32 Å². The smallest absolute Gasteiger partial charge is 0.282 e. The summed E-state index contributed by atoms with van der Waals surface area (Å²) in [7, 11) is 0. The minimum atomic E-state index is -0.363. The SMILES string of the molecule is CCCNc1snnc1CSc1ccccc1[N+](=O)[O-]. The average molecular weight is 310 g/mol. The van der Waals surface area contributed by atoms with E-state index < -0.39 is 0 Å². The van der Waals surface area contributed by atoms with Crippen LogP contribution in [0.25, 0.3) is 0 Å². The van der Waals surface area contributed by atoms with Crippen molar-refractivity contribution in [2.24, 2.45) is 0 Å². The molecule has 1 heterocycles. The normalized spacial score (nSPS) is 10.4. The van der Waals surface area contributed by atoms with E-state index in [4.69, 9.17) is 0 Å². The third-order valence-corrected chi connectivity index (χ3v) is 4.32. The molecule has 0 atom stereocenters. The quantitative estimate of drug-likeness (QED) is 0.478. The van der Waals surface area contributed by atoms with Gasteiger partial charge in [-0.25, -0.2) is 0 Å². The molecule has 8 heteroatoms. The number of nitro benzene ring substituents is 1. The zero-order chi connectivity index (χ0) is 14.4. The van der Waals surface area contributed by atoms with E-state index in [0.29, 0.717) is 10.6 Å². The van der Waals surface area contributed by atoms with Crippen molar-refractivity contribution in [1.82, 2.24) is 9.59 Å². The predicted molar refractivity (Wildman–Crippen MR) is 81.3 cm³/mol. The summed E-state index contributed by atoms with van der Waals surface area (Å²) in [4.78, 5) is 11.2. The van der Waals surface area contributed by atoms with E-state index in [-0.39, 0.29) is 10.6 Å². The lowest BCUT2D eigenvalue weighted by molar-refractivity contribution is -0.387. The third-order valence-electron chi connectivity index (χ3n) is 2.52. The van der Waals surface area contributed by atoms with Crippen LogP contribution in [0, 0.1) is 10.1 Å². The molecule has 1 N–H and O–H groups in total. The van der Waals surface area contributed by atoms with E-state index in [0.717, 1.165) is 23.7 Å². The lowest BCUT2D eigenvalue weighted by Gasteiger charge is -2.04. The van der Waals surface area contributed by atoms with Crippen molar-refractivity contribution in [3.05, 3.63) is 40.1 Å². The molecular formula is C12H14N4O2S2. The summed E-state index contributed by atoms with van der Waals surface area (Å²) in [6, 6.07) is 6.73. The second-order valence-corrected chi connectivity index (χ2v) is 5.76. The van der Waals surface area contributed by atoms with E-state index in [2.05, 4.69) is 21.8 Å². The maximum absolute atomic E-state index is 10.9. The average Bonchev–Trinajstić information content (AvgIpc) is 2.90. The van der Waals surface area contributed by atoms with Crippen LogP contribution in [0.4, 0.5) is 10.7 Å². The van der Waals surface area contributed by atoms with Gasteiger partial charge in [-0.1, -0.05) is 23.5 Å². The highest BCUT2D eigenvalue weighted by Crippen LogP contribution is 2.32. The minimum absolute atomic E-state index is 0.128. The van der Waals surface area contributed by atoms with E-state index in [1.807, 2.05) is 0 Å². The monoisotopic (exact) mass is 310 g/mol. The Morgan fingerprint density at radius 2 is 2.25 bits per heavy atom. The number of hydrogen-bond acceptors (Lipinski definition) is 7. The minimum Gasteiger partial charge on any atom is -0.374 e. The fraction of sp³-hybridized carbons (Fsp3) is 0.333. The maximum Gasteiger partial charge on any atom is 0.282 e. The molecule has 20 heavy (non-hydrogen) atoms. The fourth-order valence-electron chi connectivity index (χ4n) is 1.55. The lowest BCUT2D eigenvalue weighted by Crippen LogP contribution is -2.00. The van der Waals surface area contributed by atoms with Crippen molar-refractivity contribution in [1.29, 1.82) is 0 Å². The van der Waals surface area contributed by atoms with Crippen molar-refractivity contribution >= 4 is 34.0 Å². The maximum atomic E-state index is 10.9. The van der Waals surface area contributed by atoms with Gasteiger partial charge in [-0.2, -0.15) is 0 Å². The van der Waals surface area contributed by atoms with Gasteiger partial charge in [0, 0.05) is 29.9 Å². The number of benzene rings is 1. The standard InChI is InChI=1S/C12H14N4O2S2/c1-2-7-13-12-9(14-15-20-12)8-19-11-6-4-3-5-10(11)16(17)18/h3-6,13H,2,7-8H2,1H3. The molecule has 0 aliphatic rings. The molecule has 1 aromatic heterocycles. The summed E-state index contributed by atoms with van der Waals surface area (Å²) < 4.78 is 3.93. The Kier molecular flexibility index (Phi) is 5.31. The van der Waals surface area contributed by atoms with Crippen molar-refractivity contribution in [3.63, 3.8) is 0 Å². The van der Waals surface area contributed by atoms with Crippen molar-refractivity contribution in [3.8, 4) is 0 Å². The Balaban J connectivity index is 2.06. The third kappa shape index (κ3) is 3.67. The zero-order valence-electron chi connectivity index (χ0n) is 10.9. The van der Waals surface area contributed by atoms with Crippen LogP contribution in [-0.4, -0.2) is 21.1 Å². The Hall–Kier alpha value is -1.67. The van der Waals surface area contributed by atoms with Gasteiger partial charge in [0.1, 0.15) is 10.7 Å². The highest BCUT2D eigenvalue weighted by atomic mass is 32.2. The second kappa shape index (κ2) is 7.20. The highest BCUT2D eigenvalue weighted by Gasteiger charge is 2.15. The largest absolute Gasteiger partial charge is 0.374 e. The zero-order valence-corrected chi connectivity index (χ0v) is 12.5. The lowest BCUT2D eigenvalue weighted by atomic mass is 10.3. The summed E-state index contributed by atoms with van der Waals surface area (Å²) in [5.41, 5.74) is 0.968. The molecule has 0 aliphatic heterocycles. The summed E-state index contributed by atoms with van der Waals surface area (Å²) in [6.45, 7) is 2.95. The topological polar surface area (TPSA) is 81.0 Å². The van der Waals surface area contributed by atoms with Crippen molar-refractivity contribution in [2.45, 2.75) is 24.0 Å². The van der Waals surface area contributed by atoms with Gasteiger partial charge >= 0.3 is 0 Å². The summed E-state index contributed by atoms with van der Waals surface area (Å²) in [6.07, 6.45) is 1.02. The molecule has 0 saturated heterocycles. The van der Waals surface area contributed by atoms with Gasteiger partial charge in [0.2, 0.25) is 0 Å². The molecular weight excluding hydrogens is 296 g/mol. The van der Waals surface area contributed by atoms with Gasteiger partial charge in [-0.05, 0) is 12.5 Å². The van der Waals surface area contributed by atoms with Crippen LogP contribution >= 0.6 is 23.3 Å². The Morgan fingerprint density at radius 3 is 3.00 bits per heavy atom. The molecule has 0 aliphatic carbocycles. The molecule has 1 aromatic carbocycles. The molecule has 2 rings (SSSR count). The molecule has 6 nitrogen and oxygen atoms in total. The number of thioether (sulfide) groups is 1. The molecule has 0 fully saturated rings. The van der Waals surface area contributed by atoms with Crippen LogP contribution in [0.15, 0.2) is 29.2 Å². The number of nitro groups is 1. The molecule has 0 unspecified atom stereocenters. The molecule has 0 saturated carbocycles. The number of aromatic nitrogens is 2. The van der Waals surface area contributed by atoms with E-state index in [9.17, 15) is 10.1 Å². The van der Waals surface area contributed by atoms with Crippen LogP contribution < -0.4 is 5.32 Å². The first-order valence-electron chi connectivity index (χ1n) is 6.13. The fourth-order valence-corrected chi connectivity index (χ4v) is 3.21. The molecule has 0 bridgehead atoms.